The van der Waals surface area contributed by atoms with Crippen molar-refractivity contribution in [2.45, 2.75) is 11.3 Å². The molecule has 1 N–H and O–H groups in total. The molecule has 0 fully saturated rings. The fourth-order valence-electron chi connectivity index (χ4n) is 1.24. The molecule has 0 bridgehead atoms. The number of halogens is 2. The van der Waals surface area contributed by atoms with Gasteiger partial charge in [0.15, 0.2) is 4.34 Å². The van der Waals surface area contributed by atoms with Crippen LogP contribution in [0.15, 0.2) is 22.5 Å². The monoisotopic (exact) mass is 301 g/mol. The molecule has 0 spiro atoms. The van der Waals surface area contributed by atoms with Crippen LogP contribution in [0.4, 0.5) is 14.5 Å². The third-order valence-corrected chi connectivity index (χ3v) is 4.01. The number of hydrogen-bond donors (Lipinski definition) is 1. The Morgan fingerprint density at radius 3 is 2.89 bits per heavy atom. The van der Waals surface area contributed by atoms with Crippen LogP contribution in [0.2, 0.25) is 0 Å². The number of aryl methyl sites for hydroxylation is 1. The molecule has 0 aliphatic rings. The lowest BCUT2D eigenvalue weighted by molar-refractivity contribution is -0.113. The summed E-state index contributed by atoms with van der Waals surface area (Å²) in [5.41, 5.74) is -0.168. The number of anilines is 1. The van der Waals surface area contributed by atoms with Gasteiger partial charge < -0.3 is 5.32 Å². The van der Waals surface area contributed by atoms with Crippen molar-refractivity contribution in [3.8, 4) is 0 Å². The summed E-state index contributed by atoms with van der Waals surface area (Å²) in [4.78, 5) is 11.6. The highest BCUT2D eigenvalue weighted by molar-refractivity contribution is 8.01. The van der Waals surface area contributed by atoms with E-state index in [9.17, 15) is 13.6 Å². The first-order chi connectivity index (χ1) is 9.04. The quantitative estimate of drug-likeness (QED) is 0.882. The lowest BCUT2D eigenvalue weighted by Crippen LogP contribution is -2.15. The summed E-state index contributed by atoms with van der Waals surface area (Å²) in [6.07, 6.45) is 0. The van der Waals surface area contributed by atoms with Crippen LogP contribution in [-0.4, -0.2) is 21.9 Å². The van der Waals surface area contributed by atoms with Crippen LogP contribution in [-0.2, 0) is 4.79 Å². The molecular formula is C11H9F2N3OS2. The number of nitrogens with one attached hydrogen (secondary N) is 1. The molecule has 8 heteroatoms. The predicted octanol–water partition coefficient (Wildman–Crippen LogP) is 2.86. The van der Waals surface area contributed by atoms with Gasteiger partial charge in [0.2, 0.25) is 5.91 Å². The molecule has 1 aromatic heterocycles. The Morgan fingerprint density at radius 1 is 1.42 bits per heavy atom. The summed E-state index contributed by atoms with van der Waals surface area (Å²) in [5, 5.41) is 10.8. The normalized spacial score (nSPS) is 10.5. The second-order valence-corrected chi connectivity index (χ2v) is 5.95. The molecule has 0 unspecified atom stereocenters. The van der Waals surface area contributed by atoms with E-state index >= 15 is 0 Å². The smallest absolute Gasteiger partial charge is 0.234 e. The van der Waals surface area contributed by atoms with Gasteiger partial charge in [0.05, 0.1) is 11.4 Å². The average molecular weight is 301 g/mol. The van der Waals surface area contributed by atoms with Gasteiger partial charge in [-0.3, -0.25) is 4.79 Å². The Labute approximate surface area is 116 Å². The molecule has 0 aliphatic carbocycles. The minimum atomic E-state index is -0.675. The van der Waals surface area contributed by atoms with Crippen molar-refractivity contribution in [2.24, 2.45) is 0 Å². The molecule has 1 heterocycles. The van der Waals surface area contributed by atoms with E-state index in [0.717, 1.165) is 23.2 Å². The lowest BCUT2D eigenvalue weighted by atomic mass is 10.3. The Balaban J connectivity index is 1.92. The third kappa shape index (κ3) is 3.97. The third-order valence-electron chi connectivity index (χ3n) is 2.04. The molecule has 19 heavy (non-hydrogen) atoms. The number of benzene rings is 1. The van der Waals surface area contributed by atoms with E-state index in [0.29, 0.717) is 4.34 Å². The number of carbonyl (C=O) groups is 1. The molecule has 0 radical (unpaired) electrons. The summed E-state index contributed by atoms with van der Waals surface area (Å²) in [6, 6.07) is 2.89. The second-order valence-electron chi connectivity index (χ2n) is 3.55. The molecule has 0 aliphatic heterocycles. The molecule has 1 aromatic carbocycles. The van der Waals surface area contributed by atoms with Crippen LogP contribution in [0.1, 0.15) is 5.01 Å². The van der Waals surface area contributed by atoms with E-state index < -0.39 is 17.5 Å². The van der Waals surface area contributed by atoms with Crippen molar-refractivity contribution in [3.63, 3.8) is 0 Å². The van der Waals surface area contributed by atoms with Gasteiger partial charge >= 0.3 is 0 Å². The molecule has 4 nitrogen and oxygen atoms in total. The number of aromatic nitrogens is 2. The van der Waals surface area contributed by atoms with Gasteiger partial charge in [-0.1, -0.05) is 23.1 Å². The van der Waals surface area contributed by atoms with Gasteiger partial charge in [-0.15, -0.1) is 10.2 Å². The van der Waals surface area contributed by atoms with Crippen molar-refractivity contribution in [1.82, 2.24) is 10.2 Å². The van der Waals surface area contributed by atoms with Gasteiger partial charge in [-0.2, -0.15) is 0 Å². The number of carbonyl (C=O) groups excluding carboxylic acids is 1. The van der Waals surface area contributed by atoms with Gasteiger partial charge in [0.1, 0.15) is 16.6 Å². The van der Waals surface area contributed by atoms with Crippen molar-refractivity contribution in [3.05, 3.63) is 34.8 Å². The first-order valence-corrected chi connectivity index (χ1v) is 7.02. The van der Waals surface area contributed by atoms with Crippen molar-refractivity contribution >= 4 is 34.7 Å². The molecule has 1 amide bonds. The number of hydrogen-bond acceptors (Lipinski definition) is 5. The summed E-state index contributed by atoms with van der Waals surface area (Å²) in [6.45, 7) is 1.81. The maximum atomic E-state index is 13.3. The first kappa shape index (κ1) is 13.9. The lowest BCUT2D eigenvalue weighted by Gasteiger charge is -2.05. The molecule has 0 atom stereocenters. The van der Waals surface area contributed by atoms with E-state index in [1.807, 2.05) is 6.92 Å². The molecule has 0 saturated heterocycles. The zero-order valence-electron chi connectivity index (χ0n) is 9.81. The SMILES string of the molecule is Cc1nnc(SCC(=O)Nc2cc(F)ccc2F)s1. The summed E-state index contributed by atoms with van der Waals surface area (Å²) in [7, 11) is 0. The van der Waals surface area contributed by atoms with Crippen molar-refractivity contribution < 1.29 is 13.6 Å². The first-order valence-electron chi connectivity index (χ1n) is 5.22. The second kappa shape index (κ2) is 6.07. The van der Waals surface area contributed by atoms with Gasteiger partial charge in [-0.25, -0.2) is 8.78 Å². The fourth-order valence-corrected chi connectivity index (χ4v) is 2.86. The molecule has 0 saturated carbocycles. The van der Waals surface area contributed by atoms with Gasteiger partial charge in [0.25, 0.3) is 0 Å². The Kier molecular flexibility index (Phi) is 4.43. The van der Waals surface area contributed by atoms with E-state index in [1.54, 1.807) is 0 Å². The van der Waals surface area contributed by atoms with Crippen LogP contribution in [0.3, 0.4) is 0 Å². The minimum Gasteiger partial charge on any atom is -0.323 e. The number of thioether (sulfide) groups is 1. The zero-order chi connectivity index (χ0) is 13.8. The summed E-state index contributed by atoms with van der Waals surface area (Å²) in [5.74, 6) is -1.65. The Bertz CT molecular complexity index is 603. The van der Waals surface area contributed by atoms with Crippen LogP contribution >= 0.6 is 23.1 Å². The molecule has 100 valence electrons. The Hall–Kier alpha value is -1.54. The fraction of sp³-hybridized carbons (Fsp3) is 0.182. The van der Waals surface area contributed by atoms with Gasteiger partial charge in [0, 0.05) is 6.07 Å². The number of nitrogens with zero attached hydrogens (tertiary/aromatic N) is 2. The zero-order valence-corrected chi connectivity index (χ0v) is 11.4. The van der Waals surface area contributed by atoms with Crippen molar-refractivity contribution in [2.75, 3.05) is 11.1 Å². The highest BCUT2D eigenvalue weighted by Gasteiger charge is 2.10. The standard InChI is InChI=1S/C11H9F2N3OS2/c1-6-15-16-11(19-6)18-5-10(17)14-9-4-7(12)2-3-8(9)13/h2-4H,5H2,1H3,(H,14,17). The van der Waals surface area contributed by atoms with Crippen LogP contribution in [0, 0.1) is 18.6 Å². The van der Waals surface area contributed by atoms with E-state index in [4.69, 9.17) is 0 Å². The number of rotatable bonds is 4. The van der Waals surface area contributed by atoms with E-state index in [-0.39, 0.29) is 11.4 Å². The largest absolute Gasteiger partial charge is 0.323 e. The highest BCUT2D eigenvalue weighted by atomic mass is 32.2. The minimum absolute atomic E-state index is 0.0601. The molecule has 2 aromatic rings. The van der Waals surface area contributed by atoms with E-state index in [1.165, 1.54) is 23.1 Å². The van der Waals surface area contributed by atoms with Crippen molar-refractivity contribution in [1.29, 1.82) is 0 Å². The van der Waals surface area contributed by atoms with E-state index in [2.05, 4.69) is 15.5 Å². The van der Waals surface area contributed by atoms with Crippen LogP contribution in [0.25, 0.3) is 0 Å². The summed E-state index contributed by atoms with van der Waals surface area (Å²) >= 11 is 2.56. The maximum absolute atomic E-state index is 13.3. The number of amides is 1. The Morgan fingerprint density at radius 2 is 2.21 bits per heavy atom. The average Bonchev–Trinajstić information content (AvgIpc) is 2.77. The highest BCUT2D eigenvalue weighted by Crippen LogP contribution is 2.22. The predicted molar refractivity (Wildman–Crippen MR) is 70.4 cm³/mol. The molecule has 2 rings (SSSR count). The van der Waals surface area contributed by atoms with Crippen LogP contribution in [0.5, 0.6) is 0 Å². The van der Waals surface area contributed by atoms with Crippen LogP contribution < -0.4 is 5.32 Å². The molecular weight excluding hydrogens is 292 g/mol. The summed E-state index contributed by atoms with van der Waals surface area (Å²) < 4.78 is 26.9. The maximum Gasteiger partial charge on any atom is 0.234 e. The topological polar surface area (TPSA) is 54.9 Å². The van der Waals surface area contributed by atoms with Gasteiger partial charge in [-0.05, 0) is 19.1 Å².